The third kappa shape index (κ3) is 2.96. The molecule has 0 aromatic rings. The second-order valence-corrected chi connectivity index (χ2v) is 10.3. The molecule has 5 heteroatoms. The molecule has 2 saturated heterocycles. The van der Waals surface area contributed by atoms with Crippen LogP contribution in [-0.2, 0) is 14.3 Å². The van der Waals surface area contributed by atoms with E-state index in [0.29, 0.717) is 19.3 Å². The van der Waals surface area contributed by atoms with Crippen LogP contribution in [0.5, 0.6) is 0 Å². The van der Waals surface area contributed by atoms with E-state index in [1.165, 1.54) is 0 Å². The highest BCUT2D eigenvalue weighted by atomic mass is 16.6. The van der Waals surface area contributed by atoms with Gasteiger partial charge in [-0.25, -0.2) is 0 Å². The molecule has 2 aliphatic heterocycles. The van der Waals surface area contributed by atoms with Crippen molar-refractivity contribution in [1.29, 1.82) is 0 Å². The van der Waals surface area contributed by atoms with Crippen molar-refractivity contribution >= 4 is 5.97 Å². The van der Waals surface area contributed by atoms with Gasteiger partial charge in [-0.15, -0.1) is 0 Å². The summed E-state index contributed by atoms with van der Waals surface area (Å²) in [4.78, 5) is 12.7. The predicted molar refractivity (Wildman–Crippen MR) is 101 cm³/mol. The normalized spacial score (nSPS) is 39.8. The summed E-state index contributed by atoms with van der Waals surface area (Å²) in [5, 5.41) is 22.7. The fourth-order valence-electron chi connectivity index (χ4n) is 6.08. The number of rotatable bonds is 5. The average Bonchev–Trinajstić information content (AvgIpc) is 3.39. The van der Waals surface area contributed by atoms with E-state index in [4.69, 9.17) is 9.47 Å². The van der Waals surface area contributed by atoms with Crippen LogP contribution < -0.4 is 0 Å². The molecule has 4 rings (SSSR count). The van der Waals surface area contributed by atoms with Crippen LogP contribution in [0.15, 0.2) is 0 Å². The van der Waals surface area contributed by atoms with Crippen LogP contribution in [0.3, 0.4) is 0 Å². The van der Waals surface area contributed by atoms with Crippen LogP contribution in [0.2, 0.25) is 0 Å². The molecule has 0 amide bonds. The highest BCUT2D eigenvalue weighted by Gasteiger charge is 2.70. The molecule has 4 aliphatic rings. The first-order valence-corrected chi connectivity index (χ1v) is 11.0. The van der Waals surface area contributed by atoms with E-state index in [9.17, 15) is 15.0 Å². The average molecular weight is 381 g/mol. The van der Waals surface area contributed by atoms with Gasteiger partial charge in [0.05, 0.1) is 16.6 Å². The third-order valence-electron chi connectivity index (χ3n) is 8.34. The van der Waals surface area contributed by atoms with Gasteiger partial charge in [-0.05, 0) is 52.4 Å². The molecule has 4 fully saturated rings. The van der Waals surface area contributed by atoms with Crippen molar-refractivity contribution in [1.82, 2.24) is 0 Å². The number of hydrogen-bond donors (Lipinski definition) is 2. The predicted octanol–water partition coefficient (Wildman–Crippen LogP) is 3.49. The van der Waals surface area contributed by atoms with Crippen molar-refractivity contribution in [2.45, 2.75) is 120 Å². The summed E-state index contributed by atoms with van der Waals surface area (Å²) in [6, 6.07) is 0. The Hall–Kier alpha value is -0.650. The Balaban J connectivity index is 1.61. The summed E-state index contributed by atoms with van der Waals surface area (Å²) in [5.41, 5.74) is -2.79. The topological polar surface area (TPSA) is 76.0 Å². The molecular weight excluding hydrogens is 344 g/mol. The van der Waals surface area contributed by atoms with Gasteiger partial charge in [-0.2, -0.15) is 0 Å². The zero-order valence-electron chi connectivity index (χ0n) is 17.1. The van der Waals surface area contributed by atoms with Gasteiger partial charge in [0.2, 0.25) is 0 Å². The van der Waals surface area contributed by atoms with Gasteiger partial charge >= 0.3 is 5.97 Å². The summed E-state index contributed by atoms with van der Waals surface area (Å²) in [7, 11) is 0. The molecule has 2 bridgehead atoms. The zero-order valence-corrected chi connectivity index (χ0v) is 17.1. The third-order valence-corrected chi connectivity index (χ3v) is 8.34. The van der Waals surface area contributed by atoms with E-state index >= 15 is 0 Å². The van der Waals surface area contributed by atoms with Crippen LogP contribution in [0.4, 0.5) is 0 Å². The minimum absolute atomic E-state index is 0.0547. The lowest BCUT2D eigenvalue weighted by Gasteiger charge is -2.44. The van der Waals surface area contributed by atoms with E-state index < -0.39 is 22.2 Å². The van der Waals surface area contributed by atoms with Crippen molar-refractivity contribution in [2.24, 2.45) is 11.3 Å². The molecule has 27 heavy (non-hydrogen) atoms. The molecule has 5 nitrogen and oxygen atoms in total. The number of ether oxygens (including phenoxy) is 2. The van der Waals surface area contributed by atoms with E-state index in [0.717, 1.165) is 51.4 Å². The maximum Gasteiger partial charge on any atom is 0.311 e. The Bertz CT molecular complexity index is 588. The molecule has 2 N–H and O–H groups in total. The van der Waals surface area contributed by atoms with Gasteiger partial charge in [0, 0.05) is 12.3 Å². The Morgan fingerprint density at radius 2 is 1.67 bits per heavy atom. The molecule has 2 heterocycles. The first kappa shape index (κ1) is 19.7. The first-order chi connectivity index (χ1) is 12.6. The fraction of sp³-hybridized carbons (Fsp3) is 0.955. The monoisotopic (exact) mass is 380 g/mol. The molecule has 154 valence electrons. The summed E-state index contributed by atoms with van der Waals surface area (Å²) in [5.74, 6) is -0.252. The second kappa shape index (κ2) is 6.43. The quantitative estimate of drug-likeness (QED) is 0.714. The molecule has 2 saturated carbocycles. The Kier molecular flexibility index (Phi) is 4.68. The molecule has 2 aliphatic carbocycles. The smallest absolute Gasteiger partial charge is 0.311 e. The molecule has 4 atom stereocenters. The van der Waals surface area contributed by atoms with Gasteiger partial charge < -0.3 is 19.7 Å². The van der Waals surface area contributed by atoms with Crippen molar-refractivity contribution in [3.8, 4) is 0 Å². The Labute approximate surface area is 162 Å². The number of esters is 1. The second-order valence-electron chi connectivity index (χ2n) is 10.3. The molecule has 0 aromatic carbocycles. The lowest BCUT2D eigenvalue weighted by molar-refractivity contribution is -0.166. The van der Waals surface area contributed by atoms with E-state index in [1.807, 2.05) is 20.8 Å². The minimum Gasteiger partial charge on any atom is -0.459 e. The first-order valence-electron chi connectivity index (χ1n) is 11.0. The Morgan fingerprint density at radius 1 is 1.07 bits per heavy atom. The minimum atomic E-state index is -0.851. The highest BCUT2D eigenvalue weighted by Crippen LogP contribution is 2.61. The lowest BCUT2D eigenvalue weighted by atomic mass is 9.65. The maximum atomic E-state index is 12.7. The van der Waals surface area contributed by atoms with Gasteiger partial charge in [0.1, 0.15) is 17.8 Å². The maximum absolute atomic E-state index is 12.7. The summed E-state index contributed by atoms with van der Waals surface area (Å²) in [6.07, 6.45) is 8.44. The molecular formula is C22H36O5. The van der Waals surface area contributed by atoms with Gasteiger partial charge in [0.25, 0.3) is 0 Å². The fourth-order valence-corrected chi connectivity index (χ4v) is 6.08. The summed E-state index contributed by atoms with van der Waals surface area (Å²) < 4.78 is 12.5. The van der Waals surface area contributed by atoms with Gasteiger partial charge in [0.15, 0.2) is 0 Å². The van der Waals surface area contributed by atoms with E-state index in [1.54, 1.807) is 0 Å². The zero-order chi connectivity index (χ0) is 19.5. The molecule has 0 aromatic heterocycles. The van der Waals surface area contributed by atoms with Crippen LogP contribution in [0, 0.1) is 11.3 Å². The van der Waals surface area contributed by atoms with Gasteiger partial charge in [-0.3, -0.25) is 4.79 Å². The number of carbonyl (C=O) groups is 1. The van der Waals surface area contributed by atoms with Crippen molar-refractivity contribution in [2.75, 3.05) is 0 Å². The largest absolute Gasteiger partial charge is 0.459 e. The Morgan fingerprint density at radius 3 is 2.26 bits per heavy atom. The van der Waals surface area contributed by atoms with Crippen molar-refractivity contribution < 1.29 is 24.5 Å². The number of hydrogen-bond acceptors (Lipinski definition) is 5. The van der Waals surface area contributed by atoms with E-state index in [2.05, 4.69) is 0 Å². The summed E-state index contributed by atoms with van der Waals surface area (Å²) in [6.45, 7) is 5.81. The van der Waals surface area contributed by atoms with Gasteiger partial charge in [-0.1, -0.05) is 32.6 Å². The number of aliphatic hydroxyl groups is 2. The van der Waals surface area contributed by atoms with Crippen LogP contribution >= 0.6 is 0 Å². The van der Waals surface area contributed by atoms with Crippen LogP contribution in [-0.4, -0.2) is 45.2 Å². The summed E-state index contributed by atoms with van der Waals surface area (Å²) >= 11 is 0. The lowest BCUT2D eigenvalue weighted by Crippen LogP contribution is -2.55. The molecule has 4 unspecified atom stereocenters. The van der Waals surface area contributed by atoms with Crippen LogP contribution in [0.25, 0.3) is 0 Å². The van der Waals surface area contributed by atoms with Crippen LogP contribution in [0.1, 0.15) is 91.4 Å². The number of carbonyl (C=O) groups excluding carboxylic acids is 1. The highest BCUT2D eigenvalue weighted by molar-refractivity contribution is 5.76. The molecule has 0 radical (unpaired) electrons. The molecule has 0 spiro atoms. The number of fused-ring (bicyclic) bond motifs is 2. The van der Waals surface area contributed by atoms with Crippen molar-refractivity contribution in [3.05, 3.63) is 0 Å². The SMILES string of the molecule is CCC(C)(C)C(=O)OC1CC2(C3(O)CCCC3)CC(C3(O)CCCC3)C1O2. The standard InChI is InChI=1S/C22H36O5/c1-4-19(2,3)18(23)26-16-14-22(21(25)11-7-8-12-21)13-15(17(16)27-22)20(24)9-5-6-10-20/h15-17,24-25H,4-14H2,1-3H3. The van der Waals surface area contributed by atoms with Crippen molar-refractivity contribution in [3.63, 3.8) is 0 Å². The van der Waals surface area contributed by atoms with E-state index in [-0.39, 0.29) is 24.1 Å².